The molecule has 7 rings (SSSR count). The minimum atomic E-state index is -1.03. The van der Waals surface area contributed by atoms with E-state index in [4.69, 9.17) is 52.3 Å². The molecule has 0 saturated carbocycles. The summed E-state index contributed by atoms with van der Waals surface area (Å²) in [4.78, 5) is 101. The van der Waals surface area contributed by atoms with E-state index in [-0.39, 0.29) is 57.5 Å². The van der Waals surface area contributed by atoms with Gasteiger partial charge < -0.3 is 41.6 Å². The third-order valence-electron chi connectivity index (χ3n) is 15.0. The molecular weight excluding hydrogens is 1190 g/mol. The lowest BCUT2D eigenvalue weighted by atomic mass is 10.0. The number of carboxylic acid groups (broad SMARTS) is 1. The largest absolute Gasteiger partial charge is 0.480 e. The molecule has 3 aliphatic heterocycles. The first-order chi connectivity index (χ1) is 42.3. The highest BCUT2D eigenvalue weighted by Gasteiger charge is 2.46. The summed E-state index contributed by atoms with van der Waals surface area (Å²) in [5.74, 6) is -4.05. The predicted molar refractivity (Wildman–Crippen MR) is 350 cm³/mol. The van der Waals surface area contributed by atoms with E-state index in [1.54, 1.807) is 33.2 Å². The first-order valence-electron chi connectivity index (χ1n) is 29.7. The molecule has 482 valence electrons. The minimum Gasteiger partial charge on any atom is -0.480 e. The number of aliphatic carboxylic acids is 1. The van der Waals surface area contributed by atoms with Crippen molar-refractivity contribution in [3.05, 3.63) is 144 Å². The number of carbonyl (C=O) groups excluding carboxylic acids is 7. The van der Waals surface area contributed by atoms with Gasteiger partial charge in [0.25, 0.3) is 23.6 Å². The number of carbonyl (C=O) groups is 8. The van der Waals surface area contributed by atoms with Crippen LogP contribution in [0, 0.1) is 23.7 Å². The fourth-order valence-electron chi connectivity index (χ4n) is 10.1. The molecule has 3 heterocycles. The quantitative estimate of drug-likeness (QED) is 0.0158. The van der Waals surface area contributed by atoms with Gasteiger partial charge >= 0.3 is 17.9 Å². The Morgan fingerprint density at radius 2 is 0.809 bits per heavy atom. The summed E-state index contributed by atoms with van der Waals surface area (Å²) in [6, 6.07) is 34.5. The Morgan fingerprint density at radius 3 is 1.10 bits per heavy atom. The Bertz CT molecular complexity index is 2910. The molecule has 3 fully saturated rings. The molecule has 3 unspecified atom stereocenters. The van der Waals surface area contributed by atoms with Gasteiger partial charge in [0.05, 0.1) is 20.3 Å². The van der Waals surface area contributed by atoms with E-state index < -0.39 is 72.1 Å². The first-order valence-corrected chi connectivity index (χ1v) is 30.9. The van der Waals surface area contributed by atoms with Gasteiger partial charge in [-0.15, -0.1) is 0 Å². The second-order valence-corrected chi connectivity index (χ2v) is 24.2. The van der Waals surface area contributed by atoms with Crippen LogP contribution in [0.15, 0.2) is 121 Å². The van der Waals surface area contributed by atoms with E-state index in [1.165, 1.54) is 34.5 Å². The number of nitrogens with two attached hydrogens (primary N) is 1. The molecule has 0 aliphatic carbocycles. The predicted octanol–water partition coefficient (Wildman–Crippen LogP) is 6.21. The normalized spacial score (nSPS) is 17.8. The van der Waals surface area contributed by atoms with E-state index in [2.05, 4.69) is 26.0 Å². The fourth-order valence-corrected chi connectivity index (χ4v) is 11.2. The topological polar surface area (TPSA) is 291 Å². The third-order valence-corrected chi connectivity index (χ3v) is 15.9. The number of hydrogen-bond acceptors (Lipinski definition) is 15. The molecular formula is C65H87N9O12S3. The van der Waals surface area contributed by atoms with E-state index >= 15 is 0 Å². The Balaban J connectivity index is 0.000000254. The number of nitrogens with zero attached hydrogens (tertiary/aromatic N) is 3. The molecule has 3 aliphatic rings. The second-order valence-electron chi connectivity index (χ2n) is 23.0. The van der Waals surface area contributed by atoms with Crippen LogP contribution in [0.1, 0.15) is 103 Å². The van der Waals surface area contributed by atoms with Gasteiger partial charge in [0.15, 0.2) is 15.3 Å². The molecule has 0 radical (unpaired) electrons. The van der Waals surface area contributed by atoms with Crippen molar-refractivity contribution in [3.8, 4) is 0 Å². The summed E-state index contributed by atoms with van der Waals surface area (Å²) in [6.07, 6.45) is 5.30. The van der Waals surface area contributed by atoms with Crippen molar-refractivity contribution < 1.29 is 58.1 Å². The number of thiocarbonyl (C=S) groups is 3. The number of benzene rings is 4. The highest BCUT2D eigenvalue weighted by atomic mass is 32.1. The lowest BCUT2D eigenvalue weighted by Crippen LogP contribution is -2.52. The van der Waals surface area contributed by atoms with Crippen molar-refractivity contribution in [2.75, 3.05) is 14.2 Å². The number of amides is 5. The van der Waals surface area contributed by atoms with Gasteiger partial charge in [-0.1, -0.05) is 177 Å². The highest BCUT2D eigenvalue weighted by molar-refractivity contribution is 7.80. The number of ether oxygens (including phenoxy) is 2. The summed E-state index contributed by atoms with van der Waals surface area (Å²) >= 11 is 15.7. The lowest BCUT2D eigenvalue weighted by Gasteiger charge is -2.27. The first kappa shape index (κ1) is 73.7. The highest BCUT2D eigenvalue weighted by Crippen LogP contribution is 2.24. The molecule has 24 heteroatoms. The molecule has 4 aromatic rings. The lowest BCUT2D eigenvalue weighted by molar-refractivity contribution is -0.151. The Kier molecular flexibility index (Phi) is 30.3. The molecule has 9 N–H and O–H groups in total. The zero-order chi connectivity index (χ0) is 66.1. The van der Waals surface area contributed by atoms with Crippen LogP contribution in [-0.2, 0) is 73.5 Å². The van der Waals surface area contributed by atoms with Gasteiger partial charge in [-0.05, 0) is 134 Å². The number of aryl methyl sites for hydroxylation is 4. The van der Waals surface area contributed by atoms with Crippen LogP contribution in [-0.4, -0.2) is 150 Å². The Morgan fingerprint density at radius 1 is 0.494 bits per heavy atom. The van der Waals surface area contributed by atoms with E-state index in [9.17, 15) is 43.5 Å². The second kappa shape index (κ2) is 36.6. The summed E-state index contributed by atoms with van der Waals surface area (Å²) in [5.41, 5.74) is 12.1. The van der Waals surface area contributed by atoms with Crippen LogP contribution in [0.25, 0.3) is 0 Å². The standard InChI is InChI=1S/C17H22N2O3S.C16H21N3O3S.C16H20N2O3S.C16H24N2O3/c1-11(2)14(16(21)22-3)19-15(20)13(18-17(19)23)10-9-12-7-5-4-6-8-12;1-10(2)13(14(20)18-22)19-15(21)12(17-16(19)23)9-8-11-6-4-3-5-7-11;1-10(2)13(15(20)21)18-14(19)12(17-16(18)22)9-8-11-6-4-3-5-7-11;1-11(2)14(16(20)21-3)18-15(19)13(17)10-9-12-7-5-4-6-8-12/h4-8,11,13-14H,9-10H2,1-3H3,(H,18,23);3-7,10,12-13,22H,8-9H2,1-2H3,(H,17,23)(H,18,20);3-7,10,12-13H,8-9H2,1-2H3,(H,17,22)(H,20,21);4-8,11,13-14H,9-10,17H2,1-3H3,(H,18,19)/t13-,14?;2*12-,13?;13-,14+/m0000/s1. The van der Waals surface area contributed by atoms with Gasteiger partial charge in [-0.3, -0.25) is 43.9 Å². The van der Waals surface area contributed by atoms with Crippen molar-refractivity contribution in [2.24, 2.45) is 29.4 Å². The number of rotatable bonds is 25. The van der Waals surface area contributed by atoms with Crippen molar-refractivity contribution >= 4 is 99.4 Å². The maximum Gasteiger partial charge on any atom is 0.329 e. The van der Waals surface area contributed by atoms with Crippen molar-refractivity contribution in [1.29, 1.82) is 0 Å². The summed E-state index contributed by atoms with van der Waals surface area (Å²) in [6.45, 7) is 14.6. The van der Waals surface area contributed by atoms with Crippen LogP contribution in [0.3, 0.4) is 0 Å². The van der Waals surface area contributed by atoms with Crippen LogP contribution in [0.2, 0.25) is 0 Å². The zero-order valence-electron chi connectivity index (χ0n) is 52.3. The van der Waals surface area contributed by atoms with Crippen LogP contribution >= 0.6 is 36.7 Å². The van der Waals surface area contributed by atoms with Crippen LogP contribution < -0.4 is 32.5 Å². The monoisotopic (exact) mass is 1280 g/mol. The number of methoxy groups -OCH3 is 2. The van der Waals surface area contributed by atoms with Gasteiger partial charge in [0.2, 0.25) is 5.91 Å². The molecule has 0 aromatic heterocycles. The molecule has 21 nitrogen and oxygen atoms in total. The van der Waals surface area contributed by atoms with Crippen molar-refractivity contribution in [1.82, 2.24) is 41.4 Å². The van der Waals surface area contributed by atoms with E-state index in [0.717, 1.165) is 42.4 Å². The average Bonchev–Trinajstić information content (AvgIpc) is 4.34. The van der Waals surface area contributed by atoms with E-state index in [1.807, 2.05) is 149 Å². The number of hydrogen-bond donors (Lipinski definition) is 8. The number of nitrogens with one attached hydrogen (secondary N) is 5. The molecule has 89 heavy (non-hydrogen) atoms. The molecule has 8 atom stereocenters. The van der Waals surface area contributed by atoms with Gasteiger partial charge in [0, 0.05) is 0 Å². The molecule has 4 aromatic carbocycles. The number of carboxylic acids is 1. The summed E-state index contributed by atoms with van der Waals surface area (Å²) in [5, 5.41) is 30.6. The van der Waals surface area contributed by atoms with Gasteiger partial charge in [-0.2, -0.15) is 0 Å². The maximum atomic E-state index is 12.7. The smallest absolute Gasteiger partial charge is 0.329 e. The van der Waals surface area contributed by atoms with Crippen molar-refractivity contribution in [3.63, 3.8) is 0 Å². The third kappa shape index (κ3) is 21.8. The summed E-state index contributed by atoms with van der Waals surface area (Å²) in [7, 11) is 2.63. The fraction of sp³-hybridized carbons (Fsp3) is 0.462. The van der Waals surface area contributed by atoms with Gasteiger partial charge in [-0.25, -0.2) is 19.9 Å². The molecule has 5 amide bonds. The maximum absolute atomic E-state index is 12.7. The number of hydroxylamine groups is 1. The number of esters is 2. The summed E-state index contributed by atoms with van der Waals surface area (Å²) < 4.78 is 9.52. The minimum absolute atomic E-state index is 0.0530. The van der Waals surface area contributed by atoms with Crippen molar-refractivity contribution in [2.45, 2.75) is 155 Å². The van der Waals surface area contributed by atoms with Gasteiger partial charge in [0.1, 0.15) is 42.3 Å². The van der Waals surface area contributed by atoms with Crippen LogP contribution in [0.5, 0.6) is 0 Å². The molecule has 0 spiro atoms. The Labute approximate surface area is 538 Å². The molecule has 0 bridgehead atoms. The van der Waals surface area contributed by atoms with Crippen LogP contribution in [0.4, 0.5) is 0 Å². The average molecular weight is 1280 g/mol. The molecule has 3 saturated heterocycles. The zero-order valence-corrected chi connectivity index (χ0v) is 54.7. The Hall–Kier alpha value is -7.77. The van der Waals surface area contributed by atoms with E-state index in [0.29, 0.717) is 30.8 Å². The SMILES string of the molecule is CC(C)C(C(=O)NO)N1C(=O)[C@H](CCc2ccccc2)NC1=S.CC(C)C(C(=O)O)N1C(=O)[C@H](CCc2ccccc2)NC1=S.COC(=O)C(C(C)C)N1C(=O)[C@H](CCc2ccccc2)NC1=S.COC(=O)[C@H](NC(=O)[C@@H](N)CCc1ccccc1)C(C)C.